The van der Waals surface area contributed by atoms with Crippen LogP contribution in [0.25, 0.3) is 0 Å². The Kier molecular flexibility index (Phi) is 13.4. The Bertz CT molecular complexity index is 2020. The summed E-state index contributed by atoms with van der Waals surface area (Å²) in [6.45, 7) is 11.3. The Morgan fingerprint density at radius 2 is 1.40 bits per heavy atom. The van der Waals surface area contributed by atoms with E-state index in [9.17, 15) is 24.3 Å². The molecule has 1 fully saturated rings. The number of anilines is 1. The molecule has 57 heavy (non-hydrogen) atoms. The third-order valence-electron chi connectivity index (χ3n) is 10.4. The Morgan fingerprint density at radius 3 is 1.89 bits per heavy atom. The molecule has 1 amide bonds. The van der Waals surface area contributed by atoms with Gasteiger partial charge in [-0.1, -0.05) is 75.4 Å². The molecule has 1 saturated heterocycles. The quantitative estimate of drug-likeness (QED) is 0.0738. The van der Waals surface area contributed by atoms with Crippen molar-refractivity contribution in [3.63, 3.8) is 0 Å². The summed E-state index contributed by atoms with van der Waals surface area (Å²) < 4.78 is 39.2. The fraction of sp³-hybridized carbons (Fsp3) is 0.405. The molecule has 304 valence electrons. The van der Waals surface area contributed by atoms with Crippen molar-refractivity contribution in [2.24, 2.45) is 0 Å². The van der Waals surface area contributed by atoms with Crippen LogP contribution in [0.15, 0.2) is 95.9 Å². The third kappa shape index (κ3) is 9.79. The molecule has 0 aliphatic carbocycles. The van der Waals surface area contributed by atoms with Crippen LogP contribution in [0.3, 0.4) is 0 Å². The van der Waals surface area contributed by atoms with Crippen molar-refractivity contribution in [3.05, 3.63) is 118 Å². The fourth-order valence-electron chi connectivity index (χ4n) is 6.41. The first-order valence-corrected chi connectivity index (χ1v) is 21.5. The van der Waals surface area contributed by atoms with Crippen molar-refractivity contribution >= 4 is 32.0 Å². The Labute approximate surface area is 333 Å². The molecule has 1 aliphatic heterocycles. The number of carboxylic acids is 1. The normalized spacial score (nSPS) is 18.5. The van der Waals surface area contributed by atoms with E-state index in [1.165, 1.54) is 23.8 Å². The topological polar surface area (TPSA) is 174 Å². The standard InChI is InChI=1S/C42H51N3O11Si/c1-27(46)43-34-24-25-45(40(50)44-34)39-38(56-57(7,8)41(2,3)4)37(55-36(49)23-22-35(47)48)33(54-39)26-53-42(28-12-10-9-11-13-28,29-14-18-31(51-5)19-15-29)30-16-20-32(52-6)21-17-30/h9-21,24-25,33,37-39H,22-23,26H2,1-8H3,(H,47,48)(H,43,44,46,50)/t33-,37-,38-,39-/m1/s1. The summed E-state index contributed by atoms with van der Waals surface area (Å²) in [5.41, 5.74) is 0.225. The summed E-state index contributed by atoms with van der Waals surface area (Å²) in [5, 5.41) is 11.6. The highest BCUT2D eigenvalue weighted by atomic mass is 28.4. The zero-order chi connectivity index (χ0) is 41.5. The van der Waals surface area contributed by atoms with Crippen LogP contribution in [0.5, 0.6) is 11.5 Å². The lowest BCUT2D eigenvalue weighted by Crippen LogP contribution is -2.51. The number of carbonyl (C=O) groups excluding carboxylic acids is 2. The van der Waals surface area contributed by atoms with Crippen molar-refractivity contribution in [2.75, 3.05) is 26.1 Å². The number of nitrogens with one attached hydrogen (secondary N) is 1. The minimum atomic E-state index is -2.71. The first-order chi connectivity index (χ1) is 27.0. The largest absolute Gasteiger partial charge is 0.497 e. The Hall–Kier alpha value is -5.35. The molecule has 0 bridgehead atoms. The van der Waals surface area contributed by atoms with Crippen LogP contribution in [0.1, 0.15) is 63.5 Å². The monoisotopic (exact) mass is 801 g/mol. The smallest absolute Gasteiger partial charge is 0.351 e. The van der Waals surface area contributed by atoms with Gasteiger partial charge in [-0.25, -0.2) is 4.79 Å². The highest BCUT2D eigenvalue weighted by Crippen LogP contribution is 2.45. The number of carboxylic acid groups (broad SMARTS) is 1. The molecule has 15 heteroatoms. The summed E-state index contributed by atoms with van der Waals surface area (Å²) in [4.78, 5) is 54.4. The molecule has 4 atom stereocenters. The van der Waals surface area contributed by atoms with Crippen LogP contribution in [-0.2, 0) is 38.6 Å². The molecule has 2 N–H and O–H groups in total. The number of rotatable bonds is 16. The summed E-state index contributed by atoms with van der Waals surface area (Å²) in [6, 6.07) is 26.0. The van der Waals surface area contributed by atoms with Gasteiger partial charge < -0.3 is 38.5 Å². The lowest BCUT2D eigenvalue weighted by molar-refractivity contribution is -0.160. The zero-order valence-corrected chi connectivity index (χ0v) is 34.5. The Morgan fingerprint density at radius 1 is 0.842 bits per heavy atom. The van der Waals surface area contributed by atoms with E-state index in [4.69, 9.17) is 28.1 Å². The number of hydrogen-bond acceptors (Lipinski definition) is 11. The van der Waals surface area contributed by atoms with Gasteiger partial charge in [-0.3, -0.25) is 19.0 Å². The number of aromatic nitrogens is 2. The summed E-state index contributed by atoms with van der Waals surface area (Å²) in [6.07, 6.45) is -3.90. The second-order valence-electron chi connectivity index (χ2n) is 15.3. The van der Waals surface area contributed by atoms with Gasteiger partial charge in [-0.2, -0.15) is 4.98 Å². The highest BCUT2D eigenvalue weighted by Gasteiger charge is 2.54. The van der Waals surface area contributed by atoms with E-state index in [0.717, 1.165) is 16.7 Å². The van der Waals surface area contributed by atoms with Crippen LogP contribution in [0.4, 0.5) is 5.82 Å². The van der Waals surface area contributed by atoms with E-state index in [1.54, 1.807) is 14.2 Å². The number of esters is 1. The molecule has 1 aromatic heterocycles. The van der Waals surface area contributed by atoms with Crippen LogP contribution in [-0.4, -0.2) is 80.0 Å². The molecule has 0 unspecified atom stereocenters. The third-order valence-corrected chi connectivity index (χ3v) is 14.9. The van der Waals surface area contributed by atoms with Crippen molar-refractivity contribution in [1.29, 1.82) is 0 Å². The van der Waals surface area contributed by atoms with Gasteiger partial charge in [0.15, 0.2) is 20.6 Å². The number of carbonyl (C=O) groups is 3. The predicted molar refractivity (Wildman–Crippen MR) is 214 cm³/mol. The number of hydrogen-bond donors (Lipinski definition) is 2. The highest BCUT2D eigenvalue weighted by molar-refractivity contribution is 6.74. The maximum atomic E-state index is 13.7. The number of benzene rings is 3. The number of aliphatic carboxylic acids is 1. The maximum Gasteiger partial charge on any atom is 0.351 e. The van der Waals surface area contributed by atoms with Gasteiger partial charge in [0.05, 0.1) is 33.7 Å². The van der Waals surface area contributed by atoms with E-state index in [2.05, 4.69) is 10.3 Å². The van der Waals surface area contributed by atoms with Gasteiger partial charge in [0, 0.05) is 13.1 Å². The second kappa shape index (κ2) is 17.8. The minimum absolute atomic E-state index is 0.0479. The molecular weight excluding hydrogens is 751 g/mol. The van der Waals surface area contributed by atoms with E-state index in [-0.39, 0.29) is 17.5 Å². The van der Waals surface area contributed by atoms with E-state index in [1.807, 2.05) is 113 Å². The van der Waals surface area contributed by atoms with E-state index >= 15 is 0 Å². The van der Waals surface area contributed by atoms with E-state index < -0.39 is 74.8 Å². The molecule has 14 nitrogen and oxygen atoms in total. The number of methoxy groups -OCH3 is 2. The second-order valence-corrected chi connectivity index (χ2v) is 20.0. The average Bonchev–Trinajstić information content (AvgIpc) is 3.49. The summed E-state index contributed by atoms with van der Waals surface area (Å²) in [7, 11) is 0.458. The van der Waals surface area contributed by atoms with Crippen molar-refractivity contribution < 1.29 is 47.6 Å². The van der Waals surface area contributed by atoms with Crippen molar-refractivity contribution in [1.82, 2.24) is 9.55 Å². The molecule has 1 aliphatic rings. The van der Waals surface area contributed by atoms with Crippen LogP contribution in [0, 0.1) is 0 Å². The van der Waals surface area contributed by atoms with Crippen molar-refractivity contribution in [3.8, 4) is 11.5 Å². The van der Waals surface area contributed by atoms with Gasteiger partial charge in [-0.15, -0.1) is 0 Å². The van der Waals surface area contributed by atoms with Gasteiger partial charge in [0.2, 0.25) is 5.91 Å². The molecule has 4 aromatic rings. The van der Waals surface area contributed by atoms with Crippen LogP contribution >= 0.6 is 0 Å². The SMILES string of the molecule is COc1ccc(C(OC[C@H]2O[C@@H](n3ccc(NC(C)=O)nc3=O)[C@H](O[Si](C)(C)C(C)(C)C)[C@@H]2OC(=O)CCC(=O)O)(c2ccccc2)c2ccc(OC)cc2)cc1. The molecule has 2 heterocycles. The van der Waals surface area contributed by atoms with E-state index in [0.29, 0.717) is 11.5 Å². The number of amides is 1. The van der Waals surface area contributed by atoms with Gasteiger partial charge in [0.1, 0.15) is 35.1 Å². The lowest BCUT2D eigenvalue weighted by atomic mass is 9.80. The summed E-state index contributed by atoms with van der Waals surface area (Å²) >= 11 is 0. The van der Waals surface area contributed by atoms with Gasteiger partial charge >= 0.3 is 17.6 Å². The first kappa shape index (κ1) is 42.8. The molecule has 5 rings (SSSR count). The van der Waals surface area contributed by atoms with Gasteiger partial charge in [-0.05, 0) is 65.2 Å². The van der Waals surface area contributed by atoms with Crippen LogP contribution < -0.4 is 20.5 Å². The first-order valence-electron chi connectivity index (χ1n) is 18.6. The maximum absolute atomic E-state index is 13.7. The molecule has 0 saturated carbocycles. The number of nitrogens with zero attached hydrogens (tertiary/aromatic N) is 2. The summed E-state index contributed by atoms with van der Waals surface area (Å²) in [5.74, 6) is -1.03. The van der Waals surface area contributed by atoms with Crippen molar-refractivity contribution in [2.45, 2.75) is 88.8 Å². The van der Waals surface area contributed by atoms with Crippen LogP contribution in [0.2, 0.25) is 18.1 Å². The fourth-order valence-corrected chi connectivity index (χ4v) is 7.69. The molecule has 0 spiro atoms. The minimum Gasteiger partial charge on any atom is -0.497 e. The molecule has 3 aromatic carbocycles. The molecular formula is C42H51N3O11Si. The lowest BCUT2D eigenvalue weighted by Gasteiger charge is -2.40. The van der Waals surface area contributed by atoms with Gasteiger partial charge in [0.25, 0.3) is 0 Å². The zero-order valence-electron chi connectivity index (χ0n) is 33.5. The Balaban J connectivity index is 1.67. The number of ether oxygens (including phenoxy) is 5. The average molecular weight is 802 g/mol. The predicted octanol–water partition coefficient (Wildman–Crippen LogP) is 6.29. The molecule has 0 radical (unpaired) electrons.